The number of carbonyl (C=O) groups excluding carboxylic acids is 1. The van der Waals surface area contributed by atoms with E-state index in [0.29, 0.717) is 5.13 Å². The van der Waals surface area contributed by atoms with E-state index in [9.17, 15) is 14.4 Å². The van der Waals surface area contributed by atoms with Crippen molar-refractivity contribution in [3.63, 3.8) is 0 Å². The van der Waals surface area contributed by atoms with Crippen LogP contribution in [0.5, 0.6) is 0 Å². The van der Waals surface area contributed by atoms with Gasteiger partial charge >= 0.3 is 5.69 Å². The second-order valence-corrected chi connectivity index (χ2v) is 7.95. The number of imidazole rings is 1. The summed E-state index contributed by atoms with van der Waals surface area (Å²) < 4.78 is 3.68. The van der Waals surface area contributed by atoms with Gasteiger partial charge in [-0.3, -0.25) is 14.2 Å². The second-order valence-electron chi connectivity index (χ2n) is 7.09. The first-order valence-electron chi connectivity index (χ1n) is 9.37. The van der Waals surface area contributed by atoms with Crippen LogP contribution in [0.15, 0.2) is 51.8 Å². The fourth-order valence-electron chi connectivity index (χ4n) is 3.58. The third kappa shape index (κ3) is 3.06. The van der Waals surface area contributed by atoms with E-state index in [1.165, 1.54) is 33.8 Å². The van der Waals surface area contributed by atoms with Crippen LogP contribution in [0.3, 0.4) is 0 Å². The lowest BCUT2D eigenvalue weighted by Gasteiger charge is -2.08. The minimum Gasteiger partial charge on any atom is -0.360 e. The number of hydrogen-bond donors (Lipinski definition) is 2. The number of amides is 1. The molecular formula is C20H17N7O3S. The Balaban J connectivity index is 1.42. The lowest BCUT2D eigenvalue weighted by molar-refractivity contribution is -0.116. The average molecular weight is 435 g/mol. The summed E-state index contributed by atoms with van der Waals surface area (Å²) in [5, 5.41) is 5.94. The van der Waals surface area contributed by atoms with Crippen LogP contribution in [0, 0.1) is 0 Å². The Morgan fingerprint density at radius 2 is 2.03 bits per heavy atom. The molecule has 1 aromatic carbocycles. The molecule has 5 aromatic rings. The topological polar surface area (TPSA) is 120 Å². The summed E-state index contributed by atoms with van der Waals surface area (Å²) in [6, 6.07) is 7.87. The van der Waals surface area contributed by atoms with E-state index < -0.39 is 23.7 Å². The molecule has 0 saturated heterocycles. The number of benzene rings is 1. The third-order valence-electron chi connectivity index (χ3n) is 5.12. The maximum atomic E-state index is 12.7. The van der Waals surface area contributed by atoms with E-state index in [4.69, 9.17) is 0 Å². The number of thiazole rings is 1. The molecule has 0 fully saturated rings. The van der Waals surface area contributed by atoms with Gasteiger partial charge in [0.15, 0.2) is 16.3 Å². The summed E-state index contributed by atoms with van der Waals surface area (Å²) in [4.78, 5) is 49.7. The maximum absolute atomic E-state index is 12.7. The number of hydrogen-bond acceptors (Lipinski definition) is 6. The van der Waals surface area contributed by atoms with Crippen molar-refractivity contribution in [3.8, 4) is 11.3 Å². The van der Waals surface area contributed by atoms with E-state index in [0.717, 1.165) is 26.7 Å². The normalized spacial score (nSPS) is 11.4. The number of aromatic nitrogens is 6. The summed E-state index contributed by atoms with van der Waals surface area (Å²) in [5.74, 6) is -0.513. The van der Waals surface area contributed by atoms with Gasteiger partial charge in [-0.1, -0.05) is 18.2 Å². The Kier molecular flexibility index (Phi) is 4.33. The van der Waals surface area contributed by atoms with Crippen LogP contribution in [0.4, 0.5) is 5.13 Å². The minimum atomic E-state index is -0.607. The van der Waals surface area contributed by atoms with Crippen molar-refractivity contribution in [1.29, 1.82) is 0 Å². The van der Waals surface area contributed by atoms with Gasteiger partial charge in [-0.15, -0.1) is 11.3 Å². The minimum absolute atomic E-state index is 0.255. The van der Waals surface area contributed by atoms with Crippen LogP contribution < -0.4 is 16.6 Å². The number of fused-ring (bicyclic) bond motifs is 2. The van der Waals surface area contributed by atoms with E-state index in [1.54, 1.807) is 7.05 Å². The first-order valence-corrected chi connectivity index (χ1v) is 10.2. The molecule has 10 nitrogen and oxygen atoms in total. The predicted octanol–water partition coefficient (Wildman–Crippen LogP) is 1.68. The fraction of sp³-hybridized carbons (Fsp3) is 0.150. The zero-order valence-electron chi connectivity index (χ0n) is 16.6. The molecule has 5 rings (SSSR count). The number of aromatic amines is 1. The Labute approximate surface area is 178 Å². The van der Waals surface area contributed by atoms with Crippen LogP contribution in [-0.2, 0) is 25.4 Å². The largest absolute Gasteiger partial charge is 0.360 e. The summed E-state index contributed by atoms with van der Waals surface area (Å²) >= 11 is 1.27. The molecule has 156 valence electrons. The third-order valence-corrected chi connectivity index (χ3v) is 5.88. The van der Waals surface area contributed by atoms with Gasteiger partial charge in [0.05, 0.1) is 12.0 Å². The van der Waals surface area contributed by atoms with Gasteiger partial charge in [-0.2, -0.15) is 0 Å². The Hall–Kier alpha value is -3.99. The highest BCUT2D eigenvalue weighted by Gasteiger charge is 2.18. The van der Waals surface area contributed by atoms with Crippen LogP contribution >= 0.6 is 11.3 Å². The Morgan fingerprint density at radius 3 is 2.87 bits per heavy atom. The molecule has 0 atom stereocenters. The van der Waals surface area contributed by atoms with Crippen molar-refractivity contribution < 1.29 is 4.79 Å². The molecular weight excluding hydrogens is 418 g/mol. The molecule has 4 aromatic heterocycles. The van der Waals surface area contributed by atoms with Gasteiger partial charge in [-0.25, -0.2) is 19.3 Å². The summed E-state index contributed by atoms with van der Waals surface area (Å²) in [6.07, 6.45) is 3.33. The molecule has 11 heteroatoms. The van der Waals surface area contributed by atoms with Gasteiger partial charge in [0.2, 0.25) is 5.91 Å². The van der Waals surface area contributed by atoms with Gasteiger partial charge < -0.3 is 14.9 Å². The monoisotopic (exact) mass is 435 g/mol. The van der Waals surface area contributed by atoms with E-state index in [2.05, 4.69) is 20.3 Å². The van der Waals surface area contributed by atoms with Crippen LogP contribution in [0.1, 0.15) is 0 Å². The second kappa shape index (κ2) is 7.06. The van der Waals surface area contributed by atoms with Crippen molar-refractivity contribution in [2.75, 3.05) is 5.32 Å². The fourth-order valence-corrected chi connectivity index (χ4v) is 4.30. The number of rotatable bonds is 4. The first kappa shape index (κ1) is 19.0. The molecule has 0 unspecified atom stereocenters. The van der Waals surface area contributed by atoms with Crippen molar-refractivity contribution in [2.45, 2.75) is 6.54 Å². The molecule has 0 spiro atoms. The molecule has 4 heterocycles. The van der Waals surface area contributed by atoms with Crippen LogP contribution in [0.2, 0.25) is 0 Å². The quantitative estimate of drug-likeness (QED) is 0.445. The van der Waals surface area contributed by atoms with Gasteiger partial charge in [-0.05, 0) is 6.07 Å². The van der Waals surface area contributed by atoms with Gasteiger partial charge in [0.1, 0.15) is 6.54 Å². The van der Waals surface area contributed by atoms with Crippen LogP contribution in [0.25, 0.3) is 33.3 Å². The SMILES string of the molecule is Cn1cnc2c1c(=O)n(CC(=O)Nc1nc(-c3c[nH]c4ccccc34)cs1)c(=O)n2C. The smallest absolute Gasteiger partial charge is 0.332 e. The molecule has 1 amide bonds. The summed E-state index contributed by atoms with van der Waals surface area (Å²) in [5.41, 5.74) is 2.01. The molecule has 2 N–H and O–H groups in total. The zero-order valence-corrected chi connectivity index (χ0v) is 17.4. The lowest BCUT2D eigenvalue weighted by atomic mass is 10.1. The van der Waals surface area contributed by atoms with Crippen molar-refractivity contribution in [3.05, 3.63) is 63.0 Å². The molecule has 0 aliphatic heterocycles. The number of H-pyrrole nitrogens is 1. The van der Waals surface area contributed by atoms with Crippen molar-refractivity contribution in [2.24, 2.45) is 14.1 Å². The molecule has 31 heavy (non-hydrogen) atoms. The van der Waals surface area contributed by atoms with Gasteiger partial charge in [0.25, 0.3) is 5.56 Å². The number of nitrogens with one attached hydrogen (secondary N) is 2. The first-order chi connectivity index (χ1) is 14.9. The van der Waals surface area contributed by atoms with E-state index in [1.807, 2.05) is 35.8 Å². The Morgan fingerprint density at radius 1 is 1.23 bits per heavy atom. The molecule has 0 saturated carbocycles. The van der Waals surface area contributed by atoms with E-state index >= 15 is 0 Å². The van der Waals surface area contributed by atoms with Crippen molar-refractivity contribution >= 4 is 44.4 Å². The number of nitrogens with zero attached hydrogens (tertiary/aromatic N) is 5. The molecule has 0 aliphatic rings. The molecule has 0 radical (unpaired) electrons. The predicted molar refractivity (Wildman–Crippen MR) is 118 cm³/mol. The highest BCUT2D eigenvalue weighted by molar-refractivity contribution is 7.14. The molecule has 0 bridgehead atoms. The average Bonchev–Trinajstić information content (AvgIpc) is 3.48. The number of para-hydroxylation sites is 1. The Bertz CT molecular complexity index is 1580. The summed E-state index contributed by atoms with van der Waals surface area (Å²) in [7, 11) is 3.17. The number of aryl methyl sites for hydroxylation is 2. The molecule has 0 aliphatic carbocycles. The van der Waals surface area contributed by atoms with Crippen molar-refractivity contribution in [1.82, 2.24) is 28.7 Å². The summed E-state index contributed by atoms with van der Waals surface area (Å²) in [6.45, 7) is -0.422. The number of anilines is 1. The zero-order chi connectivity index (χ0) is 21.7. The van der Waals surface area contributed by atoms with E-state index in [-0.39, 0.29) is 11.2 Å². The van der Waals surface area contributed by atoms with Crippen LogP contribution in [-0.4, -0.2) is 34.6 Å². The standard InChI is InChI=1S/C20H17N7O3S/c1-25-10-22-17-16(25)18(29)27(20(30)26(17)2)8-15(28)24-19-23-14(9-31-19)12-7-21-13-6-4-3-5-11(12)13/h3-7,9-10,21H,8H2,1-2H3,(H,23,24,28). The lowest BCUT2D eigenvalue weighted by Crippen LogP contribution is -2.42. The maximum Gasteiger partial charge on any atom is 0.332 e. The highest BCUT2D eigenvalue weighted by Crippen LogP contribution is 2.30. The van der Waals surface area contributed by atoms with Gasteiger partial charge in [0, 0.05) is 42.1 Å². The highest BCUT2D eigenvalue weighted by atomic mass is 32.1. The number of carbonyl (C=O) groups is 1.